The summed E-state index contributed by atoms with van der Waals surface area (Å²) in [5.41, 5.74) is 8.39. The Balaban J connectivity index is 2.39. The fourth-order valence-electron chi connectivity index (χ4n) is 1.71. The van der Waals surface area contributed by atoms with Gasteiger partial charge in [0, 0.05) is 23.0 Å². The third-order valence-electron chi connectivity index (χ3n) is 2.64. The van der Waals surface area contributed by atoms with E-state index in [2.05, 4.69) is 5.32 Å². The molecule has 0 saturated heterocycles. The van der Waals surface area contributed by atoms with Gasteiger partial charge in [0.05, 0.1) is 0 Å². The molecule has 98 valence electrons. The molecule has 0 saturated carbocycles. The molecule has 3 N–H and O–H groups in total. The van der Waals surface area contributed by atoms with Crippen molar-refractivity contribution < 1.29 is 8.78 Å². The van der Waals surface area contributed by atoms with Gasteiger partial charge in [-0.2, -0.15) is 0 Å². The van der Waals surface area contributed by atoms with Crippen molar-refractivity contribution in [1.29, 1.82) is 0 Å². The van der Waals surface area contributed by atoms with E-state index >= 15 is 0 Å². The summed E-state index contributed by atoms with van der Waals surface area (Å²) < 4.78 is 26.0. The van der Waals surface area contributed by atoms with Crippen LogP contribution in [0.3, 0.4) is 0 Å². The topological polar surface area (TPSA) is 38.0 Å². The van der Waals surface area contributed by atoms with Gasteiger partial charge in [0.2, 0.25) is 0 Å². The summed E-state index contributed by atoms with van der Waals surface area (Å²) in [6.07, 6.45) is 0. The minimum atomic E-state index is -0.908. The highest BCUT2D eigenvalue weighted by molar-refractivity contribution is 7.80. The second kappa shape index (κ2) is 5.32. The smallest absolute Gasteiger partial charge is 0.160 e. The number of thiocarbonyl (C=S) groups is 1. The van der Waals surface area contributed by atoms with Crippen molar-refractivity contribution in [3.63, 3.8) is 0 Å². The third kappa shape index (κ3) is 3.06. The lowest BCUT2D eigenvalue weighted by molar-refractivity contribution is 0.509. The monoisotopic (exact) mass is 278 g/mol. The summed E-state index contributed by atoms with van der Waals surface area (Å²) in [6.45, 7) is 1.92. The number of nitrogens with one attached hydrogen (secondary N) is 1. The third-order valence-corrected chi connectivity index (χ3v) is 2.86. The number of hydrogen-bond donors (Lipinski definition) is 2. The molecule has 0 amide bonds. The fourth-order valence-corrected chi connectivity index (χ4v) is 1.88. The molecule has 0 spiro atoms. The van der Waals surface area contributed by atoms with Gasteiger partial charge in [-0.3, -0.25) is 0 Å². The van der Waals surface area contributed by atoms with Gasteiger partial charge >= 0.3 is 0 Å². The Morgan fingerprint density at radius 1 is 1.11 bits per heavy atom. The molecule has 0 heterocycles. The Labute approximate surface area is 115 Å². The van der Waals surface area contributed by atoms with E-state index in [0.717, 1.165) is 17.7 Å². The lowest BCUT2D eigenvalue weighted by Gasteiger charge is -2.12. The summed E-state index contributed by atoms with van der Waals surface area (Å²) in [4.78, 5) is 0.241. The minimum Gasteiger partial charge on any atom is -0.389 e. The van der Waals surface area contributed by atoms with Crippen molar-refractivity contribution in [2.75, 3.05) is 5.32 Å². The van der Waals surface area contributed by atoms with Crippen LogP contribution in [0.15, 0.2) is 36.4 Å². The molecule has 2 aromatic carbocycles. The van der Waals surface area contributed by atoms with Crippen LogP contribution in [-0.2, 0) is 0 Å². The van der Waals surface area contributed by atoms with Crippen LogP contribution in [0.2, 0.25) is 0 Å². The quantitative estimate of drug-likeness (QED) is 0.842. The Morgan fingerprint density at radius 2 is 1.84 bits per heavy atom. The number of anilines is 2. The lowest BCUT2D eigenvalue weighted by atomic mass is 10.1. The highest BCUT2D eigenvalue weighted by atomic mass is 32.1. The largest absolute Gasteiger partial charge is 0.389 e. The number of hydrogen-bond acceptors (Lipinski definition) is 2. The van der Waals surface area contributed by atoms with Gasteiger partial charge < -0.3 is 11.1 Å². The lowest BCUT2D eigenvalue weighted by Crippen LogP contribution is -2.12. The molecule has 0 radical (unpaired) electrons. The molecule has 2 aromatic rings. The van der Waals surface area contributed by atoms with Gasteiger partial charge in [0.1, 0.15) is 4.99 Å². The van der Waals surface area contributed by atoms with Crippen LogP contribution in [0, 0.1) is 18.6 Å². The number of nitrogens with two attached hydrogens (primary N) is 1. The molecular weight excluding hydrogens is 266 g/mol. The maximum Gasteiger partial charge on any atom is 0.160 e. The first-order valence-corrected chi connectivity index (χ1v) is 6.01. The van der Waals surface area contributed by atoms with E-state index in [0.29, 0.717) is 16.9 Å². The zero-order valence-electron chi connectivity index (χ0n) is 10.2. The average molecular weight is 278 g/mol. The molecule has 19 heavy (non-hydrogen) atoms. The van der Waals surface area contributed by atoms with Crippen LogP contribution >= 0.6 is 12.2 Å². The second-order valence-corrected chi connectivity index (χ2v) is 4.61. The van der Waals surface area contributed by atoms with Gasteiger partial charge in [-0.05, 0) is 36.8 Å². The Bertz CT molecular complexity index is 641. The van der Waals surface area contributed by atoms with Crippen LogP contribution in [0.4, 0.5) is 20.2 Å². The van der Waals surface area contributed by atoms with Crippen LogP contribution < -0.4 is 11.1 Å². The van der Waals surface area contributed by atoms with E-state index in [1.165, 1.54) is 6.07 Å². The molecule has 5 heteroatoms. The Kier molecular flexibility index (Phi) is 3.76. The average Bonchev–Trinajstić information content (AvgIpc) is 2.33. The maximum absolute atomic E-state index is 13.2. The Hall–Kier alpha value is -2.01. The van der Waals surface area contributed by atoms with E-state index in [-0.39, 0.29) is 4.99 Å². The summed E-state index contributed by atoms with van der Waals surface area (Å²) in [6, 6.07) is 9.11. The zero-order chi connectivity index (χ0) is 14.0. The number of rotatable bonds is 3. The van der Waals surface area contributed by atoms with Crippen LogP contribution in [0.1, 0.15) is 11.1 Å². The van der Waals surface area contributed by atoms with Gasteiger partial charge in [-0.25, -0.2) is 8.78 Å². The predicted molar refractivity (Wildman–Crippen MR) is 76.7 cm³/mol. The fraction of sp³-hybridized carbons (Fsp3) is 0.0714. The summed E-state index contributed by atoms with van der Waals surface area (Å²) in [7, 11) is 0. The molecule has 0 fully saturated rings. The SMILES string of the molecule is Cc1ccc(C(N)=S)c(Nc2ccc(F)c(F)c2)c1. The molecule has 0 aliphatic rings. The second-order valence-electron chi connectivity index (χ2n) is 4.17. The first kappa shape index (κ1) is 13.4. The van der Waals surface area contributed by atoms with Crippen molar-refractivity contribution in [1.82, 2.24) is 0 Å². The van der Waals surface area contributed by atoms with Gasteiger partial charge in [0.25, 0.3) is 0 Å². The molecule has 2 rings (SSSR count). The molecule has 0 atom stereocenters. The number of halogens is 2. The standard InChI is InChI=1S/C14H12F2N2S/c1-8-2-4-10(14(17)19)13(6-8)18-9-3-5-11(15)12(16)7-9/h2-7,18H,1H3,(H2,17,19). The highest BCUT2D eigenvalue weighted by Gasteiger charge is 2.08. The van der Waals surface area contributed by atoms with Crippen LogP contribution in [-0.4, -0.2) is 4.99 Å². The molecule has 0 aliphatic heterocycles. The first-order chi connectivity index (χ1) is 8.97. The molecule has 0 unspecified atom stereocenters. The highest BCUT2D eigenvalue weighted by Crippen LogP contribution is 2.23. The zero-order valence-corrected chi connectivity index (χ0v) is 11.0. The Morgan fingerprint density at radius 3 is 2.47 bits per heavy atom. The van der Waals surface area contributed by atoms with Gasteiger partial charge in [-0.15, -0.1) is 0 Å². The van der Waals surface area contributed by atoms with Crippen molar-refractivity contribution in [3.05, 3.63) is 59.2 Å². The van der Waals surface area contributed by atoms with Gasteiger partial charge in [-0.1, -0.05) is 18.3 Å². The van der Waals surface area contributed by atoms with Crippen LogP contribution in [0.5, 0.6) is 0 Å². The molecular formula is C14H12F2N2S. The number of aryl methyl sites for hydroxylation is 1. The molecule has 0 aromatic heterocycles. The minimum absolute atomic E-state index is 0.241. The number of benzene rings is 2. The van der Waals surface area contributed by atoms with E-state index in [4.69, 9.17) is 18.0 Å². The normalized spacial score (nSPS) is 10.3. The van der Waals surface area contributed by atoms with Gasteiger partial charge in [0.15, 0.2) is 11.6 Å². The first-order valence-electron chi connectivity index (χ1n) is 5.60. The maximum atomic E-state index is 13.2. The van der Waals surface area contributed by atoms with Crippen molar-refractivity contribution >= 4 is 28.6 Å². The van der Waals surface area contributed by atoms with Crippen molar-refractivity contribution in [2.45, 2.75) is 6.92 Å². The summed E-state index contributed by atoms with van der Waals surface area (Å²) in [5, 5.41) is 2.99. The van der Waals surface area contributed by atoms with E-state index in [9.17, 15) is 8.78 Å². The van der Waals surface area contributed by atoms with E-state index in [1.54, 1.807) is 6.07 Å². The molecule has 2 nitrogen and oxygen atoms in total. The van der Waals surface area contributed by atoms with E-state index in [1.807, 2.05) is 19.1 Å². The van der Waals surface area contributed by atoms with Crippen molar-refractivity contribution in [2.24, 2.45) is 5.73 Å². The van der Waals surface area contributed by atoms with Crippen LogP contribution in [0.25, 0.3) is 0 Å². The van der Waals surface area contributed by atoms with Crippen molar-refractivity contribution in [3.8, 4) is 0 Å². The summed E-state index contributed by atoms with van der Waals surface area (Å²) >= 11 is 4.96. The molecule has 0 bridgehead atoms. The predicted octanol–water partition coefficient (Wildman–Crippen LogP) is 3.65. The molecule has 0 aliphatic carbocycles. The van der Waals surface area contributed by atoms with E-state index < -0.39 is 11.6 Å². The summed E-state index contributed by atoms with van der Waals surface area (Å²) in [5.74, 6) is -1.79.